The summed E-state index contributed by atoms with van der Waals surface area (Å²) in [6.45, 7) is 22.6. The average Bonchev–Trinajstić information content (AvgIpc) is 2.68. The van der Waals surface area contributed by atoms with E-state index < -0.39 is 0 Å². The SMILES string of the molecule is Cc1cc(C(C)(C)C)cc(CN2CCN(Cc3cc(C(C)(C)C)cc(C)c3O)CC2)c1O. The molecule has 0 saturated carbocycles. The van der Waals surface area contributed by atoms with Crippen molar-refractivity contribution in [3.05, 3.63) is 57.6 Å². The predicted octanol–water partition coefficient (Wildman–Crippen LogP) is 5.63. The van der Waals surface area contributed by atoms with Crippen molar-refractivity contribution in [2.45, 2.75) is 79.3 Å². The van der Waals surface area contributed by atoms with Gasteiger partial charge in [-0.15, -0.1) is 0 Å². The number of hydrogen-bond acceptors (Lipinski definition) is 4. The third-order valence-corrected chi connectivity index (χ3v) is 6.74. The summed E-state index contributed by atoms with van der Waals surface area (Å²) in [6.07, 6.45) is 0. The fourth-order valence-corrected chi connectivity index (χ4v) is 4.40. The maximum absolute atomic E-state index is 10.6. The second kappa shape index (κ2) is 9.07. The van der Waals surface area contributed by atoms with Crippen LogP contribution < -0.4 is 0 Å². The normalized spacial score (nSPS) is 16.5. The first-order valence-electron chi connectivity index (χ1n) is 11.9. The number of piperazine rings is 1. The molecule has 0 bridgehead atoms. The maximum Gasteiger partial charge on any atom is 0.122 e. The van der Waals surface area contributed by atoms with Crippen LogP contribution in [0.1, 0.15) is 74.9 Å². The first-order chi connectivity index (χ1) is 14.8. The van der Waals surface area contributed by atoms with Gasteiger partial charge in [0.25, 0.3) is 0 Å². The van der Waals surface area contributed by atoms with E-state index in [9.17, 15) is 10.2 Å². The average molecular weight is 439 g/mol. The van der Waals surface area contributed by atoms with Crippen LogP contribution in [0.3, 0.4) is 0 Å². The first kappa shape index (κ1) is 24.6. The Hall–Kier alpha value is -2.04. The molecule has 0 spiro atoms. The zero-order valence-corrected chi connectivity index (χ0v) is 21.3. The van der Waals surface area contributed by atoms with Crippen molar-refractivity contribution in [3.63, 3.8) is 0 Å². The quantitative estimate of drug-likeness (QED) is 0.650. The van der Waals surface area contributed by atoms with Gasteiger partial charge in [-0.3, -0.25) is 9.80 Å². The van der Waals surface area contributed by atoms with Crippen LogP contribution >= 0.6 is 0 Å². The van der Waals surface area contributed by atoms with E-state index in [1.165, 1.54) is 11.1 Å². The molecule has 0 unspecified atom stereocenters. The number of aromatic hydroxyl groups is 2. The lowest BCUT2D eigenvalue weighted by molar-refractivity contribution is 0.120. The van der Waals surface area contributed by atoms with Crippen molar-refractivity contribution in [2.24, 2.45) is 0 Å². The fraction of sp³-hybridized carbons (Fsp3) is 0.571. The van der Waals surface area contributed by atoms with Gasteiger partial charge in [-0.2, -0.15) is 0 Å². The minimum Gasteiger partial charge on any atom is -0.507 e. The highest BCUT2D eigenvalue weighted by Gasteiger charge is 2.23. The molecule has 1 heterocycles. The van der Waals surface area contributed by atoms with Gasteiger partial charge in [0.2, 0.25) is 0 Å². The van der Waals surface area contributed by atoms with E-state index >= 15 is 0 Å². The lowest BCUT2D eigenvalue weighted by atomic mass is 9.84. The summed E-state index contributed by atoms with van der Waals surface area (Å²) in [5, 5.41) is 21.3. The van der Waals surface area contributed by atoms with Gasteiger partial charge in [-0.1, -0.05) is 65.8 Å². The number of nitrogens with zero attached hydrogens (tertiary/aromatic N) is 2. The monoisotopic (exact) mass is 438 g/mol. The van der Waals surface area contributed by atoms with E-state index in [-0.39, 0.29) is 10.8 Å². The van der Waals surface area contributed by atoms with Gasteiger partial charge < -0.3 is 10.2 Å². The lowest BCUT2D eigenvalue weighted by Crippen LogP contribution is -2.45. The van der Waals surface area contributed by atoms with Crippen LogP contribution in [-0.2, 0) is 23.9 Å². The first-order valence-corrected chi connectivity index (χ1v) is 11.9. The van der Waals surface area contributed by atoms with Crippen LogP contribution in [0.5, 0.6) is 11.5 Å². The second-order valence-electron chi connectivity index (χ2n) is 11.7. The van der Waals surface area contributed by atoms with Crippen molar-refractivity contribution in [1.29, 1.82) is 0 Å². The molecule has 3 rings (SSSR count). The number of phenolic OH excluding ortho intramolecular Hbond substituents is 2. The van der Waals surface area contributed by atoms with E-state index in [1.807, 2.05) is 13.8 Å². The van der Waals surface area contributed by atoms with E-state index in [2.05, 4.69) is 75.6 Å². The van der Waals surface area contributed by atoms with Gasteiger partial charge in [-0.05, 0) is 46.9 Å². The molecule has 32 heavy (non-hydrogen) atoms. The molecule has 2 N–H and O–H groups in total. The highest BCUT2D eigenvalue weighted by Crippen LogP contribution is 2.33. The maximum atomic E-state index is 10.6. The molecule has 1 saturated heterocycles. The summed E-state index contributed by atoms with van der Waals surface area (Å²) < 4.78 is 0. The van der Waals surface area contributed by atoms with Gasteiger partial charge in [0.05, 0.1) is 0 Å². The minimum atomic E-state index is 0.0631. The Bertz CT molecular complexity index is 879. The third-order valence-electron chi connectivity index (χ3n) is 6.74. The third kappa shape index (κ3) is 5.65. The van der Waals surface area contributed by atoms with E-state index in [0.29, 0.717) is 11.5 Å². The molecule has 2 aromatic rings. The molecule has 1 aliphatic heterocycles. The van der Waals surface area contributed by atoms with E-state index in [0.717, 1.165) is 61.5 Å². The zero-order chi connectivity index (χ0) is 23.8. The highest BCUT2D eigenvalue weighted by molar-refractivity contribution is 5.46. The molecule has 0 atom stereocenters. The molecule has 1 fully saturated rings. The molecule has 4 nitrogen and oxygen atoms in total. The Morgan fingerprint density at radius 1 is 0.625 bits per heavy atom. The van der Waals surface area contributed by atoms with Gasteiger partial charge in [0, 0.05) is 50.4 Å². The molecule has 2 aromatic carbocycles. The van der Waals surface area contributed by atoms with Crippen LogP contribution in [0.25, 0.3) is 0 Å². The molecule has 0 aliphatic carbocycles. The summed E-state index contributed by atoms with van der Waals surface area (Å²) >= 11 is 0. The Labute approximate surface area is 194 Å². The number of aryl methyl sites for hydroxylation is 2. The standard InChI is InChI=1S/C28H42N2O2/c1-19-13-23(27(3,4)5)15-21(25(19)31)17-29-9-11-30(12-10-29)18-22-16-24(28(6,7)8)14-20(2)26(22)32/h13-16,31-32H,9-12,17-18H2,1-8H3. The van der Waals surface area contributed by atoms with Crippen LogP contribution in [-0.4, -0.2) is 46.2 Å². The van der Waals surface area contributed by atoms with Crippen LogP contribution in [0.4, 0.5) is 0 Å². The summed E-state index contributed by atoms with van der Waals surface area (Å²) in [6, 6.07) is 8.56. The topological polar surface area (TPSA) is 46.9 Å². The number of rotatable bonds is 4. The van der Waals surface area contributed by atoms with Gasteiger partial charge >= 0.3 is 0 Å². The summed E-state index contributed by atoms with van der Waals surface area (Å²) in [5.41, 5.74) is 6.62. The smallest absolute Gasteiger partial charge is 0.122 e. The van der Waals surface area contributed by atoms with Crippen molar-refractivity contribution in [3.8, 4) is 11.5 Å². The van der Waals surface area contributed by atoms with Gasteiger partial charge in [0.1, 0.15) is 11.5 Å². The molecule has 4 heteroatoms. The summed E-state index contributed by atoms with van der Waals surface area (Å²) in [4.78, 5) is 4.85. The van der Waals surface area contributed by atoms with Crippen molar-refractivity contribution in [1.82, 2.24) is 9.80 Å². The lowest BCUT2D eigenvalue weighted by Gasteiger charge is -2.35. The Morgan fingerprint density at radius 2 is 0.938 bits per heavy atom. The Morgan fingerprint density at radius 3 is 1.22 bits per heavy atom. The minimum absolute atomic E-state index is 0.0631. The van der Waals surface area contributed by atoms with E-state index in [1.54, 1.807) is 0 Å². The molecule has 0 aromatic heterocycles. The summed E-state index contributed by atoms with van der Waals surface area (Å²) in [7, 11) is 0. The fourth-order valence-electron chi connectivity index (χ4n) is 4.40. The number of benzene rings is 2. The van der Waals surface area contributed by atoms with Gasteiger partial charge in [0.15, 0.2) is 0 Å². The molecular weight excluding hydrogens is 396 g/mol. The Kier molecular flexibility index (Phi) is 6.97. The largest absolute Gasteiger partial charge is 0.507 e. The zero-order valence-electron chi connectivity index (χ0n) is 21.3. The Balaban J connectivity index is 1.67. The molecule has 0 radical (unpaired) electrons. The molecular formula is C28H42N2O2. The van der Waals surface area contributed by atoms with Crippen molar-refractivity contribution >= 4 is 0 Å². The highest BCUT2D eigenvalue weighted by atomic mass is 16.3. The number of phenols is 2. The molecule has 176 valence electrons. The molecule has 0 amide bonds. The van der Waals surface area contributed by atoms with Crippen LogP contribution in [0.15, 0.2) is 24.3 Å². The number of hydrogen-bond donors (Lipinski definition) is 2. The van der Waals surface area contributed by atoms with Crippen LogP contribution in [0.2, 0.25) is 0 Å². The molecule has 1 aliphatic rings. The van der Waals surface area contributed by atoms with E-state index in [4.69, 9.17) is 0 Å². The predicted molar refractivity (Wildman–Crippen MR) is 134 cm³/mol. The van der Waals surface area contributed by atoms with Gasteiger partial charge in [-0.25, -0.2) is 0 Å². The van der Waals surface area contributed by atoms with Crippen molar-refractivity contribution in [2.75, 3.05) is 26.2 Å². The van der Waals surface area contributed by atoms with Crippen molar-refractivity contribution < 1.29 is 10.2 Å². The van der Waals surface area contributed by atoms with Crippen LogP contribution in [0, 0.1) is 13.8 Å². The second-order valence-corrected chi connectivity index (χ2v) is 11.7. The summed E-state index contributed by atoms with van der Waals surface area (Å²) in [5.74, 6) is 0.861.